The summed E-state index contributed by atoms with van der Waals surface area (Å²) in [5.41, 5.74) is 4.73. The Morgan fingerprint density at radius 1 is 0.900 bits per heavy atom. The zero-order valence-electron chi connectivity index (χ0n) is 32.5. The van der Waals surface area contributed by atoms with Crippen molar-refractivity contribution in [2.24, 2.45) is 56.7 Å². The Kier molecular flexibility index (Phi) is 9.56. The fraction of sp³-hybridized carbons (Fsp3) is 0.705. The number of esters is 1. The minimum absolute atomic E-state index is 0.00833. The van der Waals surface area contributed by atoms with E-state index in [4.69, 9.17) is 4.74 Å². The van der Waals surface area contributed by atoms with Crippen LogP contribution in [0.4, 0.5) is 0 Å². The lowest BCUT2D eigenvalue weighted by Crippen LogP contribution is -2.66. The van der Waals surface area contributed by atoms with Crippen molar-refractivity contribution in [1.82, 2.24) is 10.2 Å². The molecule has 1 N–H and O–H groups in total. The second-order valence-electron chi connectivity index (χ2n) is 18.5. The normalized spacial score (nSPS) is 38.3. The number of carbonyl (C=O) groups is 3. The number of benzene rings is 1. The van der Waals surface area contributed by atoms with E-state index in [1.807, 2.05) is 19.2 Å². The number of rotatable bonds is 8. The Morgan fingerprint density at radius 3 is 2.24 bits per heavy atom. The van der Waals surface area contributed by atoms with Crippen molar-refractivity contribution >= 4 is 23.4 Å². The number of methoxy groups -OCH3 is 1. The third-order valence-corrected chi connectivity index (χ3v) is 16.2. The maximum absolute atomic E-state index is 14.4. The quantitative estimate of drug-likeness (QED) is 0.168. The molecule has 6 nitrogen and oxygen atoms in total. The summed E-state index contributed by atoms with van der Waals surface area (Å²) < 4.78 is 4.95. The Morgan fingerprint density at radius 2 is 1.60 bits per heavy atom. The summed E-state index contributed by atoms with van der Waals surface area (Å²) in [6, 6.07) is 8.03. The van der Waals surface area contributed by atoms with Crippen LogP contribution in [-0.2, 0) is 14.3 Å². The predicted molar refractivity (Wildman–Crippen MR) is 201 cm³/mol. The van der Waals surface area contributed by atoms with Gasteiger partial charge in [0.1, 0.15) is 0 Å². The average molecular weight is 685 g/mol. The second-order valence-corrected chi connectivity index (χ2v) is 18.5. The number of carbonyl (C=O) groups excluding carboxylic acids is 3. The summed E-state index contributed by atoms with van der Waals surface area (Å²) in [6.07, 6.45) is 13.4. The van der Waals surface area contributed by atoms with Gasteiger partial charge in [-0.15, -0.1) is 0 Å². The molecule has 0 aliphatic heterocycles. The smallest absolute Gasteiger partial charge is 0.337 e. The lowest BCUT2D eigenvalue weighted by molar-refractivity contribution is -0.225. The first-order chi connectivity index (χ1) is 23.5. The first-order valence-corrected chi connectivity index (χ1v) is 19.5. The van der Waals surface area contributed by atoms with Crippen molar-refractivity contribution in [3.8, 4) is 0 Å². The summed E-state index contributed by atoms with van der Waals surface area (Å²) >= 11 is 0. The van der Waals surface area contributed by atoms with Crippen molar-refractivity contribution < 1.29 is 19.1 Å². The first-order valence-electron chi connectivity index (χ1n) is 19.5. The Balaban J connectivity index is 1.28. The van der Waals surface area contributed by atoms with Gasteiger partial charge in [-0.2, -0.15) is 0 Å². The number of hydrogen-bond acceptors (Lipinski definition) is 4. The summed E-state index contributed by atoms with van der Waals surface area (Å²) in [6.45, 7) is 22.4. The summed E-state index contributed by atoms with van der Waals surface area (Å²) in [5, 5.41) is 3.39. The first kappa shape index (κ1) is 36.9. The minimum atomic E-state index is -0.321. The van der Waals surface area contributed by atoms with Gasteiger partial charge in [-0.25, -0.2) is 4.79 Å². The van der Waals surface area contributed by atoms with E-state index in [0.29, 0.717) is 48.2 Å². The number of amides is 2. The lowest BCUT2D eigenvalue weighted by Gasteiger charge is -2.72. The van der Waals surface area contributed by atoms with Crippen molar-refractivity contribution in [2.75, 3.05) is 27.2 Å². The van der Waals surface area contributed by atoms with Crippen LogP contribution in [0.1, 0.15) is 129 Å². The molecule has 1 aromatic carbocycles. The highest BCUT2D eigenvalue weighted by atomic mass is 16.5. The molecule has 5 aliphatic carbocycles. The van der Waals surface area contributed by atoms with E-state index in [9.17, 15) is 14.4 Å². The van der Waals surface area contributed by atoms with Crippen molar-refractivity contribution in [1.29, 1.82) is 0 Å². The maximum Gasteiger partial charge on any atom is 0.337 e. The van der Waals surface area contributed by atoms with Gasteiger partial charge in [0.05, 0.1) is 18.1 Å². The summed E-state index contributed by atoms with van der Waals surface area (Å²) in [4.78, 5) is 39.9. The Labute approximate surface area is 302 Å². The van der Waals surface area contributed by atoms with E-state index < -0.39 is 0 Å². The molecule has 274 valence electrons. The summed E-state index contributed by atoms with van der Waals surface area (Å²) in [7, 11) is 3.26. The second kappa shape index (κ2) is 13.0. The third kappa shape index (κ3) is 5.43. The van der Waals surface area contributed by atoms with Crippen LogP contribution in [0, 0.1) is 56.7 Å². The van der Waals surface area contributed by atoms with E-state index in [1.54, 1.807) is 11.8 Å². The monoisotopic (exact) mass is 684 g/mol. The van der Waals surface area contributed by atoms with Crippen molar-refractivity contribution in [2.45, 2.75) is 113 Å². The van der Waals surface area contributed by atoms with Crippen molar-refractivity contribution in [3.05, 3.63) is 53.6 Å². The van der Waals surface area contributed by atoms with Gasteiger partial charge >= 0.3 is 5.97 Å². The van der Waals surface area contributed by atoms with Gasteiger partial charge < -0.3 is 15.0 Å². The zero-order valence-corrected chi connectivity index (χ0v) is 32.5. The van der Waals surface area contributed by atoms with Gasteiger partial charge in [0, 0.05) is 27.1 Å². The van der Waals surface area contributed by atoms with E-state index in [1.165, 1.54) is 49.5 Å². The fourth-order valence-corrected chi connectivity index (χ4v) is 13.4. The van der Waals surface area contributed by atoms with Crippen LogP contribution in [0.2, 0.25) is 0 Å². The van der Waals surface area contributed by atoms with Crippen LogP contribution >= 0.6 is 0 Å². The Bertz CT molecular complexity index is 1560. The van der Waals surface area contributed by atoms with Gasteiger partial charge in [-0.3, -0.25) is 9.59 Å². The zero-order chi connectivity index (χ0) is 36.4. The highest BCUT2D eigenvalue weighted by Crippen LogP contribution is 2.77. The van der Waals surface area contributed by atoms with Crippen LogP contribution < -0.4 is 5.32 Å². The molecule has 0 radical (unpaired) electrons. The molecule has 6 rings (SSSR count). The number of fused-ring (bicyclic) bond motifs is 7. The van der Waals surface area contributed by atoms with E-state index in [2.05, 4.69) is 71.6 Å². The van der Waals surface area contributed by atoms with Crippen LogP contribution in [0.5, 0.6) is 0 Å². The molecule has 4 fully saturated rings. The number of nitrogens with one attached hydrogen (secondary N) is 1. The maximum atomic E-state index is 14.4. The van der Waals surface area contributed by atoms with Crippen LogP contribution in [0.25, 0.3) is 5.57 Å². The molecule has 0 bridgehead atoms. The third-order valence-electron chi connectivity index (χ3n) is 16.2. The topological polar surface area (TPSA) is 75.7 Å². The molecular weight excluding hydrogens is 620 g/mol. The number of nitrogens with zero attached hydrogens (tertiary/aromatic N) is 1. The number of allylic oxidation sites excluding steroid dienone is 3. The molecule has 0 aromatic heterocycles. The van der Waals surface area contributed by atoms with Gasteiger partial charge in [0.25, 0.3) is 0 Å². The van der Waals surface area contributed by atoms with E-state index >= 15 is 0 Å². The molecule has 50 heavy (non-hydrogen) atoms. The minimum Gasteiger partial charge on any atom is -0.465 e. The largest absolute Gasteiger partial charge is 0.465 e. The lowest BCUT2D eigenvalue weighted by atomic mass is 9.32. The molecule has 9 unspecified atom stereocenters. The van der Waals surface area contributed by atoms with Crippen LogP contribution in [0.15, 0.2) is 42.5 Å². The predicted octanol–water partition coefficient (Wildman–Crippen LogP) is 9.11. The molecular formula is C44H64N2O4. The molecule has 4 saturated carbocycles. The molecule has 5 aliphatic rings. The molecule has 2 amide bonds. The molecule has 9 atom stereocenters. The SMILES string of the molecule is C=C(C)C1CCC2(C(=O)NCCCN(C)C(C)=O)CCC3(C)C(CCC4C5(C)CC=C(c6ccc(C(=O)OC)cc6)C(C)(C)C5CCC43C)C12. The highest BCUT2D eigenvalue weighted by Gasteiger charge is 2.71. The van der Waals surface area contributed by atoms with Crippen LogP contribution in [-0.4, -0.2) is 49.9 Å². The number of ether oxygens (including phenoxy) is 1. The summed E-state index contributed by atoms with van der Waals surface area (Å²) in [5.74, 6) is 2.46. The highest BCUT2D eigenvalue weighted by molar-refractivity contribution is 5.90. The molecule has 1 aromatic rings. The van der Waals surface area contributed by atoms with E-state index in [-0.39, 0.29) is 44.9 Å². The van der Waals surface area contributed by atoms with Crippen LogP contribution in [0.3, 0.4) is 0 Å². The molecule has 0 heterocycles. The molecule has 0 saturated heterocycles. The molecule has 0 spiro atoms. The van der Waals surface area contributed by atoms with E-state index in [0.717, 1.165) is 38.5 Å². The van der Waals surface area contributed by atoms with Gasteiger partial charge in [0.2, 0.25) is 11.8 Å². The Hall–Kier alpha value is -2.89. The average Bonchev–Trinajstić information content (AvgIpc) is 3.48. The number of hydrogen-bond donors (Lipinski definition) is 1. The molecule has 6 heteroatoms. The van der Waals surface area contributed by atoms with Gasteiger partial charge in [-0.1, -0.05) is 65.0 Å². The van der Waals surface area contributed by atoms with Crippen molar-refractivity contribution in [3.63, 3.8) is 0 Å². The standard InChI is InChI=1S/C44H64N2O4/c1-28(2)32-18-23-44(39(49)45-26-11-27-46(9)29(3)47)25-24-42(7)34(37(32)44)16-17-36-41(6)21-19-33(30-12-14-31(15-13-30)38(48)50-10)40(4,5)35(41)20-22-43(36,42)8/h12-15,19,32,34-37H,1,11,16-18,20-27H2,2-10H3,(H,45,49). The van der Waals surface area contributed by atoms with Gasteiger partial charge in [0.15, 0.2) is 0 Å². The van der Waals surface area contributed by atoms with Gasteiger partial charge in [-0.05, 0) is 146 Å². The fourth-order valence-electron chi connectivity index (χ4n) is 13.4.